The Morgan fingerprint density at radius 1 is 1.08 bits per heavy atom. The van der Waals surface area contributed by atoms with Crippen LogP contribution in [0, 0.1) is 11.8 Å². The highest BCUT2D eigenvalue weighted by Gasteiger charge is 2.56. The zero-order valence-electron chi connectivity index (χ0n) is 19.6. The quantitative estimate of drug-likeness (QED) is 0.211. The maximum absolute atomic E-state index is 13.2. The number of carbonyl (C=O) groups excluding carboxylic acids is 5. The van der Waals surface area contributed by atoms with E-state index in [0.717, 1.165) is 32.1 Å². The molecule has 3 aliphatic rings. The van der Waals surface area contributed by atoms with Crippen LogP contribution < -0.4 is 16.4 Å². The van der Waals surface area contributed by atoms with Crippen LogP contribution in [0.2, 0.25) is 0 Å². The Morgan fingerprint density at radius 3 is 2.39 bits per heavy atom. The number of rotatable bonds is 11. The number of ether oxygens (including phenoxy) is 1. The summed E-state index contributed by atoms with van der Waals surface area (Å²) < 4.78 is 43.6. The largest absolute Gasteiger partial charge is 0.491 e. The van der Waals surface area contributed by atoms with Crippen molar-refractivity contribution < 1.29 is 41.9 Å². The number of hydrogen-bond acceptors (Lipinski definition) is 8. The first kappa shape index (κ1) is 27.4. The Balaban J connectivity index is 1.77. The SMILES string of the molecule is NCCCCCCCCNC1=C(OC(=O)C(F)(F)F)C2C(=O)N(C3CCC(=O)NC3=O)C(=O)C2C=C1. The number of nitrogens with one attached hydrogen (secondary N) is 2. The van der Waals surface area contributed by atoms with Crippen molar-refractivity contribution in [2.75, 3.05) is 13.1 Å². The number of hydrogen-bond donors (Lipinski definition) is 3. The number of alkyl halides is 3. The molecule has 0 spiro atoms. The Morgan fingerprint density at radius 2 is 1.75 bits per heavy atom. The molecule has 2 heterocycles. The normalized spacial score (nSPS) is 24.2. The molecule has 0 bridgehead atoms. The molecule has 3 rings (SSSR count). The van der Waals surface area contributed by atoms with E-state index in [2.05, 4.69) is 10.1 Å². The van der Waals surface area contributed by atoms with E-state index in [1.165, 1.54) is 12.2 Å². The van der Waals surface area contributed by atoms with E-state index in [4.69, 9.17) is 5.73 Å². The molecule has 13 heteroatoms. The highest BCUT2D eigenvalue weighted by molar-refractivity contribution is 6.12. The number of halogens is 3. The number of fused-ring (bicyclic) bond motifs is 1. The first-order valence-corrected chi connectivity index (χ1v) is 11.9. The molecular formula is C23H29F3N4O6. The van der Waals surface area contributed by atoms with E-state index < -0.39 is 59.4 Å². The van der Waals surface area contributed by atoms with Gasteiger partial charge in [-0.25, -0.2) is 4.79 Å². The molecule has 198 valence electrons. The lowest BCUT2D eigenvalue weighted by Gasteiger charge is -2.28. The van der Waals surface area contributed by atoms with Crippen LogP contribution in [0.5, 0.6) is 0 Å². The topological polar surface area (TPSA) is 148 Å². The van der Waals surface area contributed by atoms with E-state index in [1.807, 2.05) is 5.32 Å². The van der Waals surface area contributed by atoms with Gasteiger partial charge < -0.3 is 15.8 Å². The Labute approximate surface area is 205 Å². The lowest BCUT2D eigenvalue weighted by atomic mass is 9.87. The Hall–Kier alpha value is -3.22. The summed E-state index contributed by atoms with van der Waals surface area (Å²) in [6.45, 7) is 0.964. The molecule has 10 nitrogen and oxygen atoms in total. The Bertz CT molecular complexity index is 977. The van der Waals surface area contributed by atoms with Gasteiger partial charge in [-0.1, -0.05) is 31.8 Å². The minimum atomic E-state index is -5.33. The summed E-state index contributed by atoms with van der Waals surface area (Å²) in [7, 11) is 0. The highest BCUT2D eigenvalue weighted by Crippen LogP contribution is 2.40. The molecule has 0 aromatic rings. The number of imide groups is 2. The van der Waals surface area contributed by atoms with Gasteiger partial charge in [-0.05, 0) is 31.9 Å². The van der Waals surface area contributed by atoms with Crippen molar-refractivity contribution in [3.05, 3.63) is 23.6 Å². The standard InChI is InChI=1S/C23H29F3N4O6/c24-23(25,26)22(35)36-18-14(28-12-6-4-2-1-3-5-11-27)8-7-13-17(18)21(34)30(20(13)33)15-9-10-16(31)29-19(15)32/h7-8,13,15,17,28H,1-6,9-12,27H2,(H,29,31,32). The van der Waals surface area contributed by atoms with Gasteiger partial charge in [0.25, 0.3) is 0 Å². The molecule has 3 atom stereocenters. The van der Waals surface area contributed by atoms with Crippen LogP contribution in [-0.2, 0) is 28.7 Å². The summed E-state index contributed by atoms with van der Waals surface area (Å²) in [5.74, 6) is -9.10. The number of carbonyl (C=O) groups is 5. The smallest absolute Gasteiger partial charge is 0.421 e. The minimum Gasteiger partial charge on any atom is -0.421 e. The molecule has 0 radical (unpaired) electrons. The van der Waals surface area contributed by atoms with E-state index in [0.29, 0.717) is 24.4 Å². The zero-order chi connectivity index (χ0) is 26.5. The third-order valence-corrected chi connectivity index (χ3v) is 6.31. The average molecular weight is 515 g/mol. The van der Waals surface area contributed by atoms with Crippen molar-refractivity contribution in [1.29, 1.82) is 0 Å². The van der Waals surface area contributed by atoms with Crippen LogP contribution in [0.15, 0.2) is 23.6 Å². The molecule has 0 saturated carbocycles. The fraction of sp³-hybridized carbons (Fsp3) is 0.609. The van der Waals surface area contributed by atoms with Gasteiger partial charge in [0.2, 0.25) is 23.6 Å². The molecule has 2 saturated heterocycles. The predicted molar refractivity (Wildman–Crippen MR) is 118 cm³/mol. The maximum atomic E-state index is 13.2. The van der Waals surface area contributed by atoms with Crippen LogP contribution in [0.3, 0.4) is 0 Å². The van der Waals surface area contributed by atoms with Crippen molar-refractivity contribution in [3.8, 4) is 0 Å². The molecule has 0 aromatic heterocycles. The van der Waals surface area contributed by atoms with Crippen molar-refractivity contribution in [3.63, 3.8) is 0 Å². The van der Waals surface area contributed by atoms with E-state index >= 15 is 0 Å². The lowest BCUT2D eigenvalue weighted by molar-refractivity contribution is -0.196. The summed E-state index contributed by atoms with van der Waals surface area (Å²) in [5.41, 5.74) is 5.45. The molecule has 3 unspecified atom stereocenters. The van der Waals surface area contributed by atoms with Crippen molar-refractivity contribution in [2.45, 2.75) is 63.6 Å². The van der Waals surface area contributed by atoms with E-state index in [9.17, 15) is 37.1 Å². The number of amides is 4. The Kier molecular flexibility index (Phi) is 8.88. The van der Waals surface area contributed by atoms with Gasteiger partial charge in [-0.3, -0.25) is 29.4 Å². The minimum absolute atomic E-state index is 0.0109. The molecule has 1 aliphatic carbocycles. The van der Waals surface area contributed by atoms with Gasteiger partial charge in [0, 0.05) is 13.0 Å². The van der Waals surface area contributed by atoms with Crippen LogP contribution in [-0.4, -0.2) is 59.8 Å². The number of likely N-dealkylation sites (tertiary alicyclic amines) is 1. The van der Waals surface area contributed by atoms with E-state index in [1.54, 1.807) is 0 Å². The maximum Gasteiger partial charge on any atom is 0.491 e. The first-order chi connectivity index (χ1) is 17.1. The van der Waals surface area contributed by atoms with Gasteiger partial charge >= 0.3 is 12.1 Å². The molecule has 36 heavy (non-hydrogen) atoms. The zero-order valence-corrected chi connectivity index (χ0v) is 19.6. The number of allylic oxidation sites excluding steroid dienone is 1. The second-order valence-corrected chi connectivity index (χ2v) is 8.88. The highest BCUT2D eigenvalue weighted by atomic mass is 19.4. The molecule has 2 aliphatic heterocycles. The molecule has 4 N–H and O–H groups in total. The molecule has 0 aromatic carbocycles. The van der Waals surface area contributed by atoms with Crippen molar-refractivity contribution in [1.82, 2.24) is 15.5 Å². The van der Waals surface area contributed by atoms with Gasteiger partial charge in [0.1, 0.15) is 17.7 Å². The summed E-state index contributed by atoms with van der Waals surface area (Å²) >= 11 is 0. The van der Waals surface area contributed by atoms with Crippen molar-refractivity contribution >= 4 is 29.6 Å². The van der Waals surface area contributed by atoms with Gasteiger partial charge in [-0.15, -0.1) is 0 Å². The summed E-state index contributed by atoms with van der Waals surface area (Å²) in [6, 6.07) is -1.28. The third kappa shape index (κ3) is 6.12. The number of unbranched alkanes of at least 4 members (excludes halogenated alkanes) is 5. The molecular weight excluding hydrogens is 485 g/mol. The summed E-state index contributed by atoms with van der Waals surface area (Å²) in [5, 5.41) is 4.96. The number of esters is 1. The van der Waals surface area contributed by atoms with Crippen LogP contribution in [0.25, 0.3) is 0 Å². The summed E-state index contributed by atoms with van der Waals surface area (Å²) in [6.07, 6.45) is 2.53. The van der Waals surface area contributed by atoms with Crippen molar-refractivity contribution in [2.24, 2.45) is 17.6 Å². The van der Waals surface area contributed by atoms with Gasteiger partial charge in [0.05, 0.1) is 11.6 Å². The number of nitrogens with two attached hydrogens (primary N) is 1. The van der Waals surface area contributed by atoms with Gasteiger partial charge in [-0.2, -0.15) is 13.2 Å². The number of nitrogens with zero attached hydrogens (tertiary/aromatic N) is 1. The second-order valence-electron chi connectivity index (χ2n) is 8.88. The second kappa shape index (κ2) is 11.7. The van der Waals surface area contributed by atoms with Crippen LogP contribution in [0.1, 0.15) is 51.4 Å². The molecule has 4 amide bonds. The average Bonchev–Trinajstić information content (AvgIpc) is 3.06. The third-order valence-electron chi connectivity index (χ3n) is 6.31. The summed E-state index contributed by atoms with van der Waals surface area (Å²) in [4.78, 5) is 62.3. The van der Waals surface area contributed by atoms with Crippen LogP contribution >= 0.6 is 0 Å². The number of piperidine rings is 1. The van der Waals surface area contributed by atoms with Crippen LogP contribution in [0.4, 0.5) is 13.2 Å². The van der Waals surface area contributed by atoms with E-state index in [-0.39, 0.29) is 18.5 Å². The first-order valence-electron chi connectivity index (χ1n) is 11.9. The monoisotopic (exact) mass is 514 g/mol. The molecule has 2 fully saturated rings. The lowest BCUT2D eigenvalue weighted by Crippen LogP contribution is -2.54. The fourth-order valence-corrected chi connectivity index (χ4v) is 4.49. The predicted octanol–water partition coefficient (Wildman–Crippen LogP) is 1.17. The fourth-order valence-electron chi connectivity index (χ4n) is 4.49. The van der Waals surface area contributed by atoms with Gasteiger partial charge in [0.15, 0.2) is 0 Å².